The summed E-state index contributed by atoms with van der Waals surface area (Å²) in [7, 11) is 0. The molecule has 6 heteroatoms. The number of pyridine rings is 1. The van der Waals surface area contributed by atoms with Gasteiger partial charge in [-0.2, -0.15) is 0 Å². The van der Waals surface area contributed by atoms with Gasteiger partial charge < -0.3 is 10.6 Å². The van der Waals surface area contributed by atoms with E-state index in [0.29, 0.717) is 23.1 Å². The van der Waals surface area contributed by atoms with E-state index in [-0.39, 0.29) is 5.91 Å². The molecule has 1 aromatic heterocycles. The van der Waals surface area contributed by atoms with E-state index in [2.05, 4.69) is 20.9 Å². The SMILES string of the molecule is NC(=O)C1CCCCN1C(=O)c1ccc(Br)nc1. The minimum Gasteiger partial charge on any atom is -0.368 e. The summed E-state index contributed by atoms with van der Waals surface area (Å²) >= 11 is 3.22. The molecule has 1 atom stereocenters. The van der Waals surface area contributed by atoms with Crippen molar-refractivity contribution in [2.24, 2.45) is 5.73 Å². The third kappa shape index (κ3) is 2.69. The second kappa shape index (κ2) is 5.48. The molecule has 1 aliphatic rings. The first-order valence-electron chi connectivity index (χ1n) is 5.81. The largest absolute Gasteiger partial charge is 0.368 e. The van der Waals surface area contributed by atoms with Gasteiger partial charge in [-0.25, -0.2) is 4.98 Å². The molecule has 0 saturated carbocycles. The van der Waals surface area contributed by atoms with Crippen LogP contribution >= 0.6 is 15.9 Å². The summed E-state index contributed by atoms with van der Waals surface area (Å²) in [6.45, 7) is 0.572. The van der Waals surface area contributed by atoms with E-state index in [1.54, 1.807) is 17.0 Å². The molecule has 2 amide bonds. The number of hydrogen-bond acceptors (Lipinski definition) is 3. The topological polar surface area (TPSA) is 76.3 Å². The fourth-order valence-electron chi connectivity index (χ4n) is 2.14. The number of rotatable bonds is 2. The summed E-state index contributed by atoms with van der Waals surface area (Å²) in [6, 6.07) is 2.90. The third-order valence-electron chi connectivity index (χ3n) is 3.07. The minimum atomic E-state index is -0.491. The maximum atomic E-state index is 12.3. The van der Waals surface area contributed by atoms with Gasteiger partial charge in [0.15, 0.2) is 0 Å². The predicted molar refractivity (Wildman–Crippen MR) is 69.8 cm³/mol. The van der Waals surface area contributed by atoms with E-state index < -0.39 is 11.9 Å². The van der Waals surface area contributed by atoms with Crippen LogP contribution in [-0.4, -0.2) is 34.3 Å². The average Bonchev–Trinajstić information content (AvgIpc) is 2.39. The van der Waals surface area contributed by atoms with Gasteiger partial charge in [-0.1, -0.05) is 0 Å². The van der Waals surface area contributed by atoms with Crippen molar-refractivity contribution in [3.8, 4) is 0 Å². The molecule has 0 aromatic carbocycles. The smallest absolute Gasteiger partial charge is 0.256 e. The van der Waals surface area contributed by atoms with Gasteiger partial charge in [-0.05, 0) is 47.3 Å². The van der Waals surface area contributed by atoms with Gasteiger partial charge in [0.25, 0.3) is 5.91 Å². The molecule has 1 aliphatic heterocycles. The highest BCUT2D eigenvalue weighted by atomic mass is 79.9. The molecule has 0 bridgehead atoms. The van der Waals surface area contributed by atoms with Crippen LogP contribution in [0.15, 0.2) is 22.9 Å². The number of halogens is 1. The number of nitrogens with zero attached hydrogens (tertiary/aromatic N) is 2. The third-order valence-corrected chi connectivity index (χ3v) is 3.54. The molecule has 0 spiro atoms. The van der Waals surface area contributed by atoms with Gasteiger partial charge in [0.1, 0.15) is 10.6 Å². The zero-order chi connectivity index (χ0) is 13.1. The van der Waals surface area contributed by atoms with Gasteiger partial charge in [0.2, 0.25) is 5.91 Å². The average molecular weight is 312 g/mol. The summed E-state index contributed by atoms with van der Waals surface area (Å²) in [6.07, 6.45) is 3.97. The Bertz CT molecular complexity index is 461. The van der Waals surface area contributed by atoms with E-state index in [0.717, 1.165) is 12.8 Å². The standard InChI is InChI=1S/C12H14BrN3O2/c13-10-5-4-8(7-15-10)12(18)16-6-2-1-3-9(16)11(14)17/h4-5,7,9H,1-3,6H2,(H2,14,17). The Hall–Kier alpha value is -1.43. The minimum absolute atomic E-state index is 0.182. The molecule has 1 unspecified atom stereocenters. The quantitative estimate of drug-likeness (QED) is 0.837. The van der Waals surface area contributed by atoms with Crippen molar-refractivity contribution in [3.05, 3.63) is 28.5 Å². The van der Waals surface area contributed by atoms with Crippen molar-refractivity contribution in [3.63, 3.8) is 0 Å². The first-order valence-corrected chi connectivity index (χ1v) is 6.61. The molecule has 2 N–H and O–H groups in total. The Labute approximate surface area is 113 Å². The Balaban J connectivity index is 2.20. The number of nitrogens with two attached hydrogens (primary N) is 1. The van der Waals surface area contributed by atoms with Crippen LogP contribution in [0.25, 0.3) is 0 Å². The fraction of sp³-hybridized carbons (Fsp3) is 0.417. The van der Waals surface area contributed by atoms with Crippen LogP contribution in [0.4, 0.5) is 0 Å². The Kier molecular flexibility index (Phi) is 3.96. The van der Waals surface area contributed by atoms with Gasteiger partial charge in [-0.15, -0.1) is 0 Å². The number of carbonyl (C=O) groups excluding carboxylic acids is 2. The van der Waals surface area contributed by atoms with Crippen molar-refractivity contribution < 1.29 is 9.59 Å². The van der Waals surface area contributed by atoms with E-state index in [1.807, 2.05) is 0 Å². The molecular weight excluding hydrogens is 298 g/mol. The summed E-state index contributed by atoms with van der Waals surface area (Å²) in [5.74, 6) is -0.619. The van der Waals surface area contributed by atoms with Crippen molar-refractivity contribution in [1.29, 1.82) is 0 Å². The number of likely N-dealkylation sites (tertiary alicyclic amines) is 1. The maximum absolute atomic E-state index is 12.3. The molecule has 0 aliphatic carbocycles. The van der Waals surface area contributed by atoms with Crippen molar-refractivity contribution in [1.82, 2.24) is 9.88 Å². The number of amides is 2. The van der Waals surface area contributed by atoms with E-state index in [4.69, 9.17) is 5.73 Å². The molecule has 2 heterocycles. The van der Waals surface area contributed by atoms with Crippen LogP contribution in [0.5, 0.6) is 0 Å². The summed E-state index contributed by atoms with van der Waals surface area (Å²) in [5, 5.41) is 0. The second-order valence-corrected chi connectivity index (χ2v) is 5.09. The highest BCUT2D eigenvalue weighted by Gasteiger charge is 2.31. The van der Waals surface area contributed by atoms with Crippen LogP contribution in [0, 0.1) is 0 Å². The van der Waals surface area contributed by atoms with Crippen molar-refractivity contribution in [2.75, 3.05) is 6.54 Å². The first-order chi connectivity index (χ1) is 8.59. The van der Waals surface area contributed by atoms with Crippen LogP contribution in [0.3, 0.4) is 0 Å². The van der Waals surface area contributed by atoms with Crippen LogP contribution in [0.1, 0.15) is 29.6 Å². The molecule has 2 rings (SSSR count). The molecule has 1 fully saturated rings. The summed E-state index contributed by atoms with van der Waals surface area (Å²) in [4.78, 5) is 29.2. The first kappa shape index (κ1) is 13.0. The molecule has 5 nitrogen and oxygen atoms in total. The van der Waals surface area contributed by atoms with Crippen LogP contribution < -0.4 is 5.73 Å². The number of primary amides is 1. The Morgan fingerprint density at radius 1 is 1.39 bits per heavy atom. The zero-order valence-electron chi connectivity index (χ0n) is 9.80. The second-order valence-electron chi connectivity index (χ2n) is 4.28. The lowest BCUT2D eigenvalue weighted by Crippen LogP contribution is -2.50. The molecule has 1 aromatic rings. The normalized spacial score (nSPS) is 19.6. The van der Waals surface area contributed by atoms with Crippen molar-refractivity contribution in [2.45, 2.75) is 25.3 Å². The molecule has 1 saturated heterocycles. The van der Waals surface area contributed by atoms with Crippen molar-refractivity contribution >= 4 is 27.7 Å². The van der Waals surface area contributed by atoms with Gasteiger partial charge >= 0.3 is 0 Å². The zero-order valence-corrected chi connectivity index (χ0v) is 11.4. The summed E-state index contributed by atoms with van der Waals surface area (Å²) in [5.41, 5.74) is 5.82. The fourth-order valence-corrected chi connectivity index (χ4v) is 2.37. The molecular formula is C12H14BrN3O2. The van der Waals surface area contributed by atoms with Gasteiger partial charge in [-0.3, -0.25) is 9.59 Å². The van der Waals surface area contributed by atoms with Crippen LogP contribution in [-0.2, 0) is 4.79 Å². The maximum Gasteiger partial charge on any atom is 0.256 e. The molecule has 18 heavy (non-hydrogen) atoms. The van der Waals surface area contributed by atoms with Crippen LogP contribution in [0.2, 0.25) is 0 Å². The number of aromatic nitrogens is 1. The highest BCUT2D eigenvalue weighted by molar-refractivity contribution is 9.10. The lowest BCUT2D eigenvalue weighted by molar-refractivity contribution is -0.123. The van der Waals surface area contributed by atoms with E-state index in [1.165, 1.54) is 6.20 Å². The molecule has 0 radical (unpaired) electrons. The van der Waals surface area contributed by atoms with Gasteiger partial charge in [0.05, 0.1) is 5.56 Å². The molecule has 96 valence electrons. The lowest BCUT2D eigenvalue weighted by Gasteiger charge is -2.33. The lowest BCUT2D eigenvalue weighted by atomic mass is 10.0. The number of carbonyl (C=O) groups is 2. The monoisotopic (exact) mass is 311 g/mol. The number of piperidine rings is 1. The Morgan fingerprint density at radius 3 is 2.78 bits per heavy atom. The predicted octanol–water partition coefficient (Wildman–Crippen LogP) is 1.32. The van der Waals surface area contributed by atoms with E-state index in [9.17, 15) is 9.59 Å². The Morgan fingerprint density at radius 2 is 2.17 bits per heavy atom. The van der Waals surface area contributed by atoms with E-state index >= 15 is 0 Å². The summed E-state index contributed by atoms with van der Waals surface area (Å²) < 4.78 is 0.671. The van der Waals surface area contributed by atoms with Gasteiger partial charge in [0, 0.05) is 12.7 Å². The highest BCUT2D eigenvalue weighted by Crippen LogP contribution is 2.19. The number of hydrogen-bond donors (Lipinski definition) is 1.